The summed E-state index contributed by atoms with van der Waals surface area (Å²) >= 11 is 9.02. The van der Waals surface area contributed by atoms with Gasteiger partial charge in [-0.3, -0.25) is 0 Å². The summed E-state index contributed by atoms with van der Waals surface area (Å²) in [7, 11) is 0. The molecule has 0 saturated carbocycles. The van der Waals surface area contributed by atoms with E-state index in [1.54, 1.807) is 0 Å². The number of halogens is 3. The van der Waals surface area contributed by atoms with E-state index in [0.29, 0.717) is 4.47 Å². The molecule has 0 aliphatic carbocycles. The minimum absolute atomic E-state index is 0.0708. The largest absolute Gasteiger partial charge is 0.436 e. The van der Waals surface area contributed by atoms with E-state index in [2.05, 4.69) is 25.9 Å². The fourth-order valence-electron chi connectivity index (χ4n) is 1.10. The smallest absolute Gasteiger partial charge is 0.238 e. The molecule has 1 aromatic carbocycles. The Morgan fingerprint density at radius 1 is 1.41 bits per heavy atom. The fraction of sp³-hybridized carbons (Fsp3) is 0. The standard InChI is InChI=1S/C10H6BrClFN3O/c11-6-4-15-10(14)16-9(6)17-8-2-1-5(13)3-7(8)12/h1-4H,(H2,14,15,16). The summed E-state index contributed by atoms with van der Waals surface area (Å²) in [5.74, 6) is 0.128. The first-order valence-electron chi connectivity index (χ1n) is 4.47. The van der Waals surface area contributed by atoms with Crippen LogP contribution in [0.1, 0.15) is 0 Å². The zero-order valence-electron chi connectivity index (χ0n) is 8.32. The van der Waals surface area contributed by atoms with Crippen molar-refractivity contribution in [3.05, 3.63) is 39.7 Å². The van der Waals surface area contributed by atoms with Gasteiger partial charge < -0.3 is 10.5 Å². The summed E-state index contributed by atoms with van der Waals surface area (Å²) in [6, 6.07) is 3.79. The molecule has 1 heterocycles. The lowest BCUT2D eigenvalue weighted by Crippen LogP contribution is -1.97. The Morgan fingerprint density at radius 2 is 2.18 bits per heavy atom. The van der Waals surface area contributed by atoms with E-state index < -0.39 is 5.82 Å². The average Bonchev–Trinajstić information content (AvgIpc) is 2.27. The van der Waals surface area contributed by atoms with Crippen LogP contribution in [0.3, 0.4) is 0 Å². The zero-order chi connectivity index (χ0) is 12.4. The molecule has 2 aromatic rings. The summed E-state index contributed by atoms with van der Waals surface area (Å²) < 4.78 is 18.8. The van der Waals surface area contributed by atoms with E-state index in [9.17, 15) is 4.39 Å². The third-order valence-corrected chi connectivity index (χ3v) is 2.67. The van der Waals surface area contributed by atoms with Crippen LogP contribution in [0.5, 0.6) is 11.6 Å². The van der Waals surface area contributed by atoms with Crippen molar-refractivity contribution in [3.63, 3.8) is 0 Å². The van der Waals surface area contributed by atoms with Crippen LogP contribution in [0.4, 0.5) is 10.3 Å². The number of rotatable bonds is 2. The Kier molecular flexibility index (Phi) is 3.44. The molecular formula is C10H6BrClFN3O. The molecule has 4 nitrogen and oxygen atoms in total. The molecule has 0 amide bonds. The monoisotopic (exact) mass is 317 g/mol. The van der Waals surface area contributed by atoms with Crippen molar-refractivity contribution >= 4 is 33.5 Å². The number of aromatic nitrogens is 2. The molecule has 0 radical (unpaired) electrons. The maximum atomic E-state index is 12.8. The van der Waals surface area contributed by atoms with Crippen LogP contribution in [0.2, 0.25) is 5.02 Å². The van der Waals surface area contributed by atoms with E-state index in [1.165, 1.54) is 18.3 Å². The maximum Gasteiger partial charge on any atom is 0.238 e. The summed E-state index contributed by atoms with van der Waals surface area (Å²) in [6.45, 7) is 0. The van der Waals surface area contributed by atoms with Gasteiger partial charge >= 0.3 is 0 Å². The topological polar surface area (TPSA) is 61.0 Å². The van der Waals surface area contributed by atoms with Gasteiger partial charge in [-0.05, 0) is 34.1 Å². The van der Waals surface area contributed by atoms with Gasteiger partial charge in [0.2, 0.25) is 11.8 Å². The van der Waals surface area contributed by atoms with E-state index in [4.69, 9.17) is 22.1 Å². The first kappa shape index (κ1) is 12.1. The number of nitrogens with zero attached hydrogens (tertiary/aromatic N) is 2. The van der Waals surface area contributed by atoms with Gasteiger partial charge in [-0.2, -0.15) is 4.98 Å². The lowest BCUT2D eigenvalue weighted by atomic mass is 10.3. The van der Waals surface area contributed by atoms with Crippen LogP contribution in [-0.2, 0) is 0 Å². The molecule has 88 valence electrons. The second-order valence-corrected chi connectivity index (χ2v) is 4.32. The average molecular weight is 319 g/mol. The van der Waals surface area contributed by atoms with Crippen LogP contribution in [0, 0.1) is 5.82 Å². The molecule has 2 rings (SSSR count). The summed E-state index contributed by atoms with van der Waals surface area (Å²) in [6.07, 6.45) is 1.45. The van der Waals surface area contributed by atoms with Crippen molar-refractivity contribution in [1.82, 2.24) is 9.97 Å². The van der Waals surface area contributed by atoms with E-state index in [0.717, 1.165) is 6.07 Å². The van der Waals surface area contributed by atoms with Crippen molar-refractivity contribution in [1.29, 1.82) is 0 Å². The number of nitrogens with two attached hydrogens (primary N) is 1. The number of benzene rings is 1. The Labute approximate surface area is 110 Å². The van der Waals surface area contributed by atoms with Gasteiger partial charge in [0.15, 0.2) is 0 Å². The van der Waals surface area contributed by atoms with Gasteiger partial charge in [-0.1, -0.05) is 11.6 Å². The van der Waals surface area contributed by atoms with Gasteiger partial charge in [0, 0.05) is 0 Å². The van der Waals surface area contributed by atoms with E-state index in [-0.39, 0.29) is 22.6 Å². The first-order chi connectivity index (χ1) is 8.06. The van der Waals surface area contributed by atoms with Crippen molar-refractivity contribution < 1.29 is 9.13 Å². The molecule has 0 unspecified atom stereocenters. The summed E-state index contributed by atoms with van der Waals surface area (Å²) in [5.41, 5.74) is 5.43. The van der Waals surface area contributed by atoms with Crippen LogP contribution in [-0.4, -0.2) is 9.97 Å². The number of nitrogen functional groups attached to an aromatic ring is 1. The van der Waals surface area contributed by atoms with Crippen molar-refractivity contribution in [3.8, 4) is 11.6 Å². The van der Waals surface area contributed by atoms with Gasteiger partial charge in [-0.15, -0.1) is 0 Å². The molecule has 0 atom stereocenters. The second-order valence-electron chi connectivity index (χ2n) is 3.06. The molecule has 0 spiro atoms. The summed E-state index contributed by atoms with van der Waals surface area (Å²) in [4.78, 5) is 7.64. The van der Waals surface area contributed by atoms with Crippen LogP contribution in [0.25, 0.3) is 0 Å². The molecular weight excluding hydrogens is 312 g/mol. The third kappa shape index (κ3) is 2.83. The first-order valence-corrected chi connectivity index (χ1v) is 5.64. The predicted octanol–water partition coefficient (Wildman–Crippen LogP) is 3.41. The third-order valence-electron chi connectivity index (χ3n) is 1.83. The van der Waals surface area contributed by atoms with E-state index >= 15 is 0 Å². The highest BCUT2D eigenvalue weighted by Gasteiger charge is 2.09. The van der Waals surface area contributed by atoms with Crippen LogP contribution in [0.15, 0.2) is 28.9 Å². The predicted molar refractivity (Wildman–Crippen MR) is 65.6 cm³/mol. The maximum absolute atomic E-state index is 12.8. The van der Waals surface area contributed by atoms with Crippen molar-refractivity contribution in [2.24, 2.45) is 0 Å². The second kappa shape index (κ2) is 4.85. The number of ether oxygens (including phenoxy) is 1. The van der Waals surface area contributed by atoms with Crippen molar-refractivity contribution in [2.45, 2.75) is 0 Å². The number of hydrogen-bond donors (Lipinski definition) is 1. The lowest BCUT2D eigenvalue weighted by molar-refractivity contribution is 0.458. The minimum Gasteiger partial charge on any atom is -0.436 e. The van der Waals surface area contributed by atoms with E-state index in [1.807, 2.05) is 0 Å². The van der Waals surface area contributed by atoms with Gasteiger partial charge in [0.05, 0.1) is 15.7 Å². The Morgan fingerprint density at radius 3 is 2.88 bits per heavy atom. The Balaban J connectivity index is 2.34. The molecule has 0 aliphatic rings. The molecule has 17 heavy (non-hydrogen) atoms. The van der Waals surface area contributed by atoms with Gasteiger partial charge in [0.25, 0.3) is 0 Å². The van der Waals surface area contributed by atoms with Crippen molar-refractivity contribution in [2.75, 3.05) is 5.73 Å². The molecule has 0 bridgehead atoms. The van der Waals surface area contributed by atoms with Crippen LogP contribution < -0.4 is 10.5 Å². The molecule has 1 aromatic heterocycles. The number of anilines is 1. The highest BCUT2D eigenvalue weighted by atomic mass is 79.9. The normalized spacial score (nSPS) is 10.3. The molecule has 0 saturated heterocycles. The molecule has 7 heteroatoms. The number of hydrogen-bond acceptors (Lipinski definition) is 4. The molecule has 0 aliphatic heterocycles. The quantitative estimate of drug-likeness (QED) is 0.922. The summed E-state index contributed by atoms with van der Waals surface area (Å²) in [5, 5.41) is 0.147. The SMILES string of the molecule is Nc1ncc(Br)c(Oc2ccc(F)cc2Cl)n1. The fourth-order valence-corrected chi connectivity index (χ4v) is 1.58. The molecule has 0 fully saturated rings. The Bertz CT molecular complexity index is 567. The molecule has 2 N–H and O–H groups in total. The highest BCUT2D eigenvalue weighted by Crippen LogP contribution is 2.32. The highest BCUT2D eigenvalue weighted by molar-refractivity contribution is 9.10. The van der Waals surface area contributed by atoms with Gasteiger partial charge in [-0.25, -0.2) is 9.37 Å². The van der Waals surface area contributed by atoms with Crippen LogP contribution >= 0.6 is 27.5 Å². The lowest BCUT2D eigenvalue weighted by Gasteiger charge is -2.08. The minimum atomic E-state index is -0.441. The zero-order valence-corrected chi connectivity index (χ0v) is 10.7. The Hall–Kier alpha value is -1.40. The van der Waals surface area contributed by atoms with Gasteiger partial charge in [0.1, 0.15) is 11.6 Å².